The maximum absolute atomic E-state index is 13.5. The van der Waals surface area contributed by atoms with Crippen molar-refractivity contribution in [2.24, 2.45) is 0 Å². The molecule has 0 aliphatic carbocycles. The normalized spacial score (nSPS) is 10.7. The highest BCUT2D eigenvalue weighted by atomic mass is 32.2. The number of aromatic nitrogens is 2. The van der Waals surface area contributed by atoms with E-state index < -0.39 is 11.6 Å². The molecule has 4 aromatic rings. The van der Waals surface area contributed by atoms with Gasteiger partial charge in [0.25, 0.3) is 5.56 Å². The number of para-hydroxylation sites is 1. The van der Waals surface area contributed by atoms with E-state index in [9.17, 15) is 18.4 Å². The number of carbonyl (C=O) groups excluding carboxylic acids is 1. The Balaban J connectivity index is 1.69. The fourth-order valence-electron chi connectivity index (χ4n) is 3.41. The number of amides is 1. The molecule has 9 heteroatoms. The second-order valence-corrected chi connectivity index (χ2v) is 8.19. The Morgan fingerprint density at radius 2 is 1.65 bits per heavy atom. The summed E-state index contributed by atoms with van der Waals surface area (Å²) in [7, 11) is 0. The van der Waals surface area contributed by atoms with Crippen LogP contribution in [0.3, 0.4) is 0 Å². The molecule has 1 aromatic heterocycles. The van der Waals surface area contributed by atoms with Gasteiger partial charge in [0.15, 0.2) is 5.16 Å². The average molecular weight is 477 g/mol. The number of halogens is 2. The van der Waals surface area contributed by atoms with Crippen molar-refractivity contribution in [2.45, 2.75) is 11.6 Å². The SMILES string of the molecule is N#CCCN(C(=O)CSc1nc2ccccc2c(=O)n1-c1ccc(F)cc1)c1ccc(F)cc1. The Labute approximate surface area is 198 Å². The lowest BCUT2D eigenvalue weighted by molar-refractivity contribution is -0.116. The third-order valence-corrected chi connectivity index (χ3v) is 5.96. The van der Waals surface area contributed by atoms with Crippen molar-refractivity contribution < 1.29 is 13.6 Å². The third-order valence-electron chi connectivity index (χ3n) is 5.04. The minimum Gasteiger partial charge on any atom is -0.311 e. The molecule has 0 unspecified atom stereocenters. The van der Waals surface area contributed by atoms with Crippen molar-refractivity contribution in [2.75, 3.05) is 17.2 Å². The van der Waals surface area contributed by atoms with Crippen LogP contribution in [-0.2, 0) is 4.79 Å². The first-order valence-corrected chi connectivity index (χ1v) is 11.3. The molecule has 0 saturated carbocycles. The number of thioether (sulfide) groups is 1. The lowest BCUT2D eigenvalue weighted by atomic mass is 10.2. The van der Waals surface area contributed by atoms with Gasteiger partial charge in [0.05, 0.1) is 34.8 Å². The van der Waals surface area contributed by atoms with Crippen LogP contribution in [0.2, 0.25) is 0 Å². The number of anilines is 1. The predicted octanol–water partition coefficient (Wildman–Crippen LogP) is 4.70. The first-order valence-electron chi connectivity index (χ1n) is 10.3. The molecule has 0 N–H and O–H groups in total. The van der Waals surface area contributed by atoms with Crippen LogP contribution >= 0.6 is 11.8 Å². The van der Waals surface area contributed by atoms with Gasteiger partial charge in [-0.1, -0.05) is 23.9 Å². The largest absolute Gasteiger partial charge is 0.311 e. The first kappa shape index (κ1) is 23.1. The van der Waals surface area contributed by atoms with E-state index in [1.54, 1.807) is 24.3 Å². The van der Waals surface area contributed by atoms with Gasteiger partial charge in [-0.05, 0) is 60.7 Å². The van der Waals surface area contributed by atoms with Crippen molar-refractivity contribution in [3.63, 3.8) is 0 Å². The molecule has 0 atom stereocenters. The average Bonchev–Trinajstić information content (AvgIpc) is 2.85. The highest BCUT2D eigenvalue weighted by Gasteiger charge is 2.19. The second-order valence-electron chi connectivity index (χ2n) is 7.25. The topological polar surface area (TPSA) is 79.0 Å². The summed E-state index contributed by atoms with van der Waals surface area (Å²) in [5.74, 6) is -1.30. The smallest absolute Gasteiger partial charge is 0.266 e. The van der Waals surface area contributed by atoms with Crippen LogP contribution in [0.15, 0.2) is 82.7 Å². The van der Waals surface area contributed by atoms with Gasteiger partial charge in [0.2, 0.25) is 5.91 Å². The van der Waals surface area contributed by atoms with Crippen LogP contribution in [0.5, 0.6) is 0 Å². The minimum atomic E-state index is -0.442. The van der Waals surface area contributed by atoms with Gasteiger partial charge < -0.3 is 4.90 Å². The molecule has 1 heterocycles. The van der Waals surface area contributed by atoms with E-state index in [2.05, 4.69) is 4.98 Å². The highest BCUT2D eigenvalue weighted by Crippen LogP contribution is 2.23. The number of carbonyl (C=O) groups is 1. The predicted molar refractivity (Wildman–Crippen MR) is 127 cm³/mol. The Morgan fingerprint density at radius 3 is 2.32 bits per heavy atom. The van der Waals surface area contributed by atoms with E-state index in [4.69, 9.17) is 5.26 Å². The molecule has 0 bridgehead atoms. The van der Waals surface area contributed by atoms with Crippen molar-refractivity contribution in [3.05, 3.63) is 94.8 Å². The summed E-state index contributed by atoms with van der Waals surface area (Å²) in [5.41, 5.74) is 1.01. The molecule has 0 fully saturated rings. The van der Waals surface area contributed by atoms with Crippen LogP contribution in [0.1, 0.15) is 6.42 Å². The molecule has 1 amide bonds. The van der Waals surface area contributed by atoms with Crippen LogP contribution in [-0.4, -0.2) is 27.8 Å². The zero-order valence-corrected chi connectivity index (χ0v) is 18.6. The van der Waals surface area contributed by atoms with Gasteiger partial charge in [0.1, 0.15) is 11.6 Å². The van der Waals surface area contributed by atoms with Gasteiger partial charge >= 0.3 is 0 Å². The molecule has 0 spiro atoms. The van der Waals surface area contributed by atoms with E-state index in [1.807, 2.05) is 6.07 Å². The number of rotatable bonds is 7. The molecule has 0 aliphatic heterocycles. The first-order chi connectivity index (χ1) is 16.5. The van der Waals surface area contributed by atoms with E-state index >= 15 is 0 Å². The zero-order valence-electron chi connectivity index (χ0n) is 17.8. The molecule has 3 aromatic carbocycles. The van der Waals surface area contributed by atoms with Crippen LogP contribution in [0.4, 0.5) is 14.5 Å². The lowest BCUT2D eigenvalue weighted by Gasteiger charge is -2.22. The second kappa shape index (κ2) is 10.3. The fraction of sp³-hybridized carbons (Fsp3) is 0.120. The standard InChI is InChI=1S/C25H18F2N4O2S/c26-17-6-10-19(11-7-17)30(15-3-14-28)23(32)16-34-25-29-22-5-2-1-4-21(22)24(33)31(25)20-12-8-18(27)9-13-20/h1-2,4-13H,3,15-16H2. The molecule has 170 valence electrons. The van der Waals surface area contributed by atoms with Gasteiger partial charge in [-0.2, -0.15) is 5.26 Å². The van der Waals surface area contributed by atoms with Crippen LogP contribution in [0, 0.1) is 23.0 Å². The Hall–Kier alpha value is -4.03. The molecule has 6 nitrogen and oxygen atoms in total. The number of nitrogens with zero attached hydrogens (tertiary/aromatic N) is 4. The maximum Gasteiger partial charge on any atom is 0.266 e. The number of hydrogen-bond donors (Lipinski definition) is 0. The maximum atomic E-state index is 13.5. The lowest BCUT2D eigenvalue weighted by Crippen LogP contribution is -2.33. The summed E-state index contributed by atoms with van der Waals surface area (Å²) in [5, 5.41) is 9.64. The Morgan fingerprint density at radius 1 is 1.00 bits per heavy atom. The zero-order chi connectivity index (χ0) is 24.1. The summed E-state index contributed by atoms with van der Waals surface area (Å²) < 4.78 is 28.2. The summed E-state index contributed by atoms with van der Waals surface area (Å²) in [6.45, 7) is 0.136. The van der Waals surface area contributed by atoms with Crippen LogP contribution in [0.25, 0.3) is 16.6 Å². The fourth-order valence-corrected chi connectivity index (χ4v) is 4.30. The third kappa shape index (κ3) is 4.97. The molecular weight excluding hydrogens is 458 g/mol. The highest BCUT2D eigenvalue weighted by molar-refractivity contribution is 7.99. The molecule has 34 heavy (non-hydrogen) atoms. The van der Waals surface area contributed by atoms with E-state index in [0.717, 1.165) is 11.8 Å². The minimum absolute atomic E-state index is 0.0885. The summed E-state index contributed by atoms with van der Waals surface area (Å²) in [4.78, 5) is 32.3. The summed E-state index contributed by atoms with van der Waals surface area (Å²) in [6.07, 6.45) is 0.0995. The Bertz CT molecular complexity index is 1430. The van der Waals surface area contributed by atoms with Crippen molar-refractivity contribution in [3.8, 4) is 11.8 Å². The monoisotopic (exact) mass is 476 g/mol. The van der Waals surface area contributed by atoms with E-state index in [1.165, 1.54) is 58.0 Å². The van der Waals surface area contributed by atoms with Crippen LogP contribution < -0.4 is 10.5 Å². The summed E-state index contributed by atoms with van der Waals surface area (Å²) >= 11 is 1.05. The number of nitriles is 1. The molecule has 0 aliphatic rings. The van der Waals surface area contributed by atoms with E-state index in [-0.39, 0.29) is 35.3 Å². The number of benzene rings is 3. The summed E-state index contributed by atoms with van der Waals surface area (Å²) in [6, 6.07) is 19.7. The van der Waals surface area contributed by atoms with Gasteiger partial charge in [-0.3, -0.25) is 14.2 Å². The molecular formula is C25H18F2N4O2S. The van der Waals surface area contributed by atoms with Crippen molar-refractivity contribution >= 4 is 34.3 Å². The Kier molecular flexibility index (Phi) is 6.99. The van der Waals surface area contributed by atoms with Gasteiger partial charge in [0, 0.05) is 12.2 Å². The molecule has 0 saturated heterocycles. The van der Waals surface area contributed by atoms with Gasteiger partial charge in [-0.25, -0.2) is 13.8 Å². The quantitative estimate of drug-likeness (QED) is 0.285. The van der Waals surface area contributed by atoms with Crippen molar-refractivity contribution in [1.82, 2.24) is 9.55 Å². The van der Waals surface area contributed by atoms with Crippen molar-refractivity contribution in [1.29, 1.82) is 5.26 Å². The molecule has 4 rings (SSSR count). The number of hydrogen-bond acceptors (Lipinski definition) is 5. The molecule has 0 radical (unpaired) electrons. The van der Waals surface area contributed by atoms with E-state index in [0.29, 0.717) is 22.3 Å². The number of fused-ring (bicyclic) bond motifs is 1. The van der Waals surface area contributed by atoms with Gasteiger partial charge in [-0.15, -0.1) is 0 Å².